The third-order valence-electron chi connectivity index (χ3n) is 8.02. The molecule has 1 aromatic heterocycles. The lowest BCUT2D eigenvalue weighted by Crippen LogP contribution is -2.14. The maximum Gasteiger partial charge on any atom is 0.299 e. The van der Waals surface area contributed by atoms with Crippen molar-refractivity contribution in [2.75, 3.05) is 5.73 Å². The normalized spacial score (nSPS) is 12.7. The van der Waals surface area contributed by atoms with Crippen molar-refractivity contribution in [1.29, 1.82) is 0 Å². The second-order valence-electron chi connectivity index (χ2n) is 11.6. The maximum atomic E-state index is 13.0. The minimum Gasteiger partial charge on any atom is -0.506 e. The Morgan fingerprint density at radius 2 is 1.15 bits per heavy atom. The number of H-pyrrole nitrogens is 1. The van der Waals surface area contributed by atoms with Gasteiger partial charge >= 0.3 is 0 Å². The predicted molar refractivity (Wildman–Crippen MR) is 194 cm³/mol. The molecule has 0 spiro atoms. The minimum absolute atomic E-state index is 0.0225. The zero-order chi connectivity index (χ0) is 40.2. The molecule has 1 heterocycles. The lowest BCUT2D eigenvalue weighted by molar-refractivity contribution is 0.475. The van der Waals surface area contributed by atoms with Gasteiger partial charge in [0.05, 0.1) is 27.4 Å². The van der Waals surface area contributed by atoms with Crippen LogP contribution in [-0.4, -0.2) is 64.0 Å². The molecular formula is C32H25N7O13S3. The number of nitrogens with one attached hydrogen (secondary N) is 1. The van der Waals surface area contributed by atoms with Crippen LogP contribution in [0.3, 0.4) is 0 Å². The summed E-state index contributed by atoms with van der Waals surface area (Å²) < 4.78 is 99.7. The van der Waals surface area contributed by atoms with E-state index in [0.29, 0.717) is 22.9 Å². The van der Waals surface area contributed by atoms with E-state index >= 15 is 0 Å². The van der Waals surface area contributed by atoms with E-state index < -0.39 is 68.3 Å². The van der Waals surface area contributed by atoms with Gasteiger partial charge in [0.2, 0.25) is 0 Å². The number of aromatic hydroxyl groups is 3. The molecule has 0 fully saturated rings. The van der Waals surface area contributed by atoms with Crippen LogP contribution in [0, 0.1) is 6.92 Å². The molecule has 0 radical (unpaired) electrons. The standard InChI is InChI=1S/C32H25N7O13S3/c1-15-30(32(43)39(38-15)18-4-6-19(7-5-18)53(44,45)46)37-35-22-10-3-17(13-25(22)41)16-2-9-21(24(40)12-16)34-36-23-11-8-20-26(54(47,48)49)14-27(55(50,51)52)29(33)28(20)31(23)42/h2-14,38,40-42H,33H2,1H3,(H,44,45,46)(H,47,48,49)(H,50,51,52). The molecule has 20 nitrogen and oxygen atoms in total. The Balaban J connectivity index is 1.25. The first kappa shape index (κ1) is 38.2. The Morgan fingerprint density at radius 3 is 1.65 bits per heavy atom. The SMILES string of the molecule is Cc1[nH]n(-c2ccc(S(=O)(=O)O)cc2)c(=O)c1N=Nc1ccc(-c2ccc(N=Nc3ccc4c(S(=O)(=O)O)cc(S(=O)(=O)O)c(N)c4c3O)c(O)c2)cc1O. The molecule has 0 bridgehead atoms. The first-order valence-corrected chi connectivity index (χ1v) is 19.4. The third-order valence-corrected chi connectivity index (χ3v) is 10.7. The fourth-order valence-corrected chi connectivity index (χ4v) is 7.27. The molecule has 6 aromatic rings. The number of aromatic nitrogens is 2. The lowest BCUT2D eigenvalue weighted by atomic mass is 10.0. The monoisotopic (exact) mass is 811 g/mol. The molecule has 5 aromatic carbocycles. The molecule has 55 heavy (non-hydrogen) atoms. The summed E-state index contributed by atoms with van der Waals surface area (Å²) >= 11 is 0. The number of nitrogens with two attached hydrogens (primary N) is 1. The predicted octanol–water partition coefficient (Wildman–Crippen LogP) is 5.56. The fraction of sp³-hybridized carbons (Fsp3) is 0.0312. The number of hydrogen-bond acceptors (Lipinski definition) is 15. The van der Waals surface area contributed by atoms with E-state index in [0.717, 1.165) is 28.9 Å². The number of hydrogen-bond donors (Lipinski definition) is 8. The summed E-state index contributed by atoms with van der Waals surface area (Å²) in [4.78, 5) is 10.6. The van der Waals surface area contributed by atoms with Crippen molar-refractivity contribution in [3.05, 3.63) is 94.9 Å². The lowest BCUT2D eigenvalue weighted by Gasteiger charge is -2.13. The van der Waals surface area contributed by atoms with Crippen molar-refractivity contribution in [2.45, 2.75) is 21.6 Å². The van der Waals surface area contributed by atoms with E-state index in [2.05, 4.69) is 25.6 Å². The van der Waals surface area contributed by atoms with E-state index in [1.807, 2.05) is 0 Å². The van der Waals surface area contributed by atoms with Gasteiger partial charge in [-0.1, -0.05) is 18.2 Å². The number of anilines is 1. The summed E-state index contributed by atoms with van der Waals surface area (Å²) in [7, 11) is -14.6. The Bertz CT molecular complexity index is 3030. The van der Waals surface area contributed by atoms with Crippen LogP contribution in [0.15, 0.2) is 119 Å². The van der Waals surface area contributed by atoms with Gasteiger partial charge in [0.15, 0.2) is 11.4 Å². The molecule has 0 atom stereocenters. The van der Waals surface area contributed by atoms with E-state index in [-0.39, 0.29) is 44.5 Å². The van der Waals surface area contributed by atoms with Gasteiger partial charge in [0.25, 0.3) is 35.9 Å². The zero-order valence-electron chi connectivity index (χ0n) is 27.6. The maximum absolute atomic E-state index is 13.0. The van der Waals surface area contributed by atoms with Crippen LogP contribution in [0.4, 0.5) is 28.4 Å². The molecule has 0 unspecified atom stereocenters. The van der Waals surface area contributed by atoms with Crippen molar-refractivity contribution >= 4 is 69.6 Å². The zero-order valence-corrected chi connectivity index (χ0v) is 30.0. The molecule has 284 valence electrons. The van der Waals surface area contributed by atoms with E-state index in [1.54, 1.807) is 6.92 Å². The van der Waals surface area contributed by atoms with Crippen LogP contribution >= 0.6 is 0 Å². The molecule has 0 aliphatic carbocycles. The van der Waals surface area contributed by atoms with Crippen LogP contribution in [-0.2, 0) is 30.4 Å². The molecule has 0 aliphatic heterocycles. The second-order valence-corrected chi connectivity index (χ2v) is 15.8. The average Bonchev–Trinajstić information content (AvgIpc) is 3.38. The van der Waals surface area contributed by atoms with Crippen molar-refractivity contribution in [3.63, 3.8) is 0 Å². The number of aryl methyl sites for hydroxylation is 1. The molecule has 0 saturated carbocycles. The van der Waals surface area contributed by atoms with Crippen LogP contribution < -0.4 is 11.3 Å². The van der Waals surface area contributed by atoms with Gasteiger partial charge in [0, 0.05) is 5.39 Å². The number of nitrogen functional groups attached to an aromatic ring is 1. The van der Waals surface area contributed by atoms with Gasteiger partial charge in [-0.05, 0) is 78.7 Å². The molecule has 0 amide bonds. The molecule has 23 heteroatoms. The fourth-order valence-electron chi connectivity index (χ4n) is 5.35. The van der Waals surface area contributed by atoms with E-state index in [1.165, 1.54) is 48.5 Å². The Hall–Kier alpha value is -6.50. The van der Waals surface area contributed by atoms with Gasteiger partial charge in [-0.3, -0.25) is 23.6 Å². The number of phenolic OH excluding ortho intramolecular Hbond substituents is 3. The number of fused-ring (bicyclic) bond motifs is 1. The van der Waals surface area contributed by atoms with Crippen LogP contribution in [0.5, 0.6) is 17.2 Å². The molecule has 0 aliphatic rings. The Labute approximate surface area is 309 Å². The van der Waals surface area contributed by atoms with Gasteiger partial charge in [-0.2, -0.15) is 25.3 Å². The summed E-state index contributed by atoms with van der Waals surface area (Å²) in [6.07, 6.45) is 0. The number of azo groups is 2. The topological polar surface area (TPSA) is 337 Å². The summed E-state index contributed by atoms with van der Waals surface area (Å²) in [5.41, 5.74) is 5.18. The molecular weight excluding hydrogens is 787 g/mol. The molecule has 0 saturated heterocycles. The molecule has 9 N–H and O–H groups in total. The smallest absolute Gasteiger partial charge is 0.299 e. The highest BCUT2D eigenvalue weighted by atomic mass is 32.2. The average molecular weight is 812 g/mol. The summed E-state index contributed by atoms with van der Waals surface area (Å²) in [6, 6.07) is 15.7. The largest absolute Gasteiger partial charge is 0.506 e. The number of rotatable bonds is 9. The third kappa shape index (κ3) is 7.50. The number of benzene rings is 5. The van der Waals surface area contributed by atoms with E-state index in [9.17, 15) is 59.0 Å². The van der Waals surface area contributed by atoms with Crippen LogP contribution in [0.2, 0.25) is 0 Å². The minimum atomic E-state index is -5.12. The highest BCUT2D eigenvalue weighted by Gasteiger charge is 2.27. The van der Waals surface area contributed by atoms with Crippen molar-refractivity contribution < 1.29 is 54.2 Å². The number of phenols is 3. The first-order chi connectivity index (χ1) is 25.6. The summed E-state index contributed by atoms with van der Waals surface area (Å²) in [6.45, 7) is 1.54. The van der Waals surface area contributed by atoms with Crippen LogP contribution in [0.1, 0.15) is 5.69 Å². The summed E-state index contributed by atoms with van der Waals surface area (Å²) in [5, 5.41) is 49.8. The van der Waals surface area contributed by atoms with Gasteiger partial charge < -0.3 is 21.1 Å². The first-order valence-electron chi connectivity index (χ1n) is 15.1. The Morgan fingerprint density at radius 1 is 0.636 bits per heavy atom. The van der Waals surface area contributed by atoms with Crippen molar-refractivity contribution in [2.24, 2.45) is 20.5 Å². The van der Waals surface area contributed by atoms with Gasteiger partial charge in [0.1, 0.15) is 38.4 Å². The summed E-state index contributed by atoms with van der Waals surface area (Å²) in [5.74, 6) is -1.62. The van der Waals surface area contributed by atoms with Gasteiger partial charge in [-0.25, -0.2) is 4.68 Å². The quantitative estimate of drug-likeness (QED) is 0.0503. The Kier molecular flexibility index (Phi) is 9.54. The van der Waals surface area contributed by atoms with Crippen molar-refractivity contribution in [3.8, 4) is 34.1 Å². The number of nitrogens with zero attached hydrogens (tertiary/aromatic N) is 5. The van der Waals surface area contributed by atoms with Crippen molar-refractivity contribution in [1.82, 2.24) is 9.78 Å². The van der Waals surface area contributed by atoms with E-state index in [4.69, 9.17) is 5.73 Å². The second kappa shape index (κ2) is 13.7. The molecule has 6 rings (SSSR count). The highest BCUT2D eigenvalue weighted by molar-refractivity contribution is 7.87. The van der Waals surface area contributed by atoms with Gasteiger partial charge in [-0.15, -0.1) is 20.5 Å². The highest BCUT2D eigenvalue weighted by Crippen LogP contribution is 2.44. The number of aromatic amines is 1. The van der Waals surface area contributed by atoms with Crippen LogP contribution in [0.25, 0.3) is 27.6 Å².